The Kier molecular flexibility index (Phi) is 7.83. The van der Waals surface area contributed by atoms with Crippen molar-refractivity contribution in [3.05, 3.63) is 96.1 Å². The largest absolute Gasteiger partial charge is 0.497 e. The summed E-state index contributed by atoms with van der Waals surface area (Å²) in [6.07, 6.45) is 0.0630. The average molecular weight is 487 g/mol. The molecule has 0 fully saturated rings. The number of fused-ring (bicyclic) bond motifs is 1. The van der Waals surface area contributed by atoms with E-state index in [0.717, 1.165) is 38.4 Å². The number of methoxy groups -OCH3 is 1. The van der Waals surface area contributed by atoms with Gasteiger partial charge in [-0.2, -0.15) is 0 Å². The Hall–Kier alpha value is -3.64. The normalized spacial score (nSPS) is 11.7. The third-order valence-corrected chi connectivity index (χ3v) is 6.82. The smallest absolute Gasteiger partial charge is 0.305 e. The van der Waals surface area contributed by atoms with Crippen LogP contribution in [-0.2, 0) is 11.3 Å². The van der Waals surface area contributed by atoms with E-state index in [-0.39, 0.29) is 12.5 Å². The highest BCUT2D eigenvalue weighted by atomic mass is 32.2. The van der Waals surface area contributed by atoms with Gasteiger partial charge in [0.15, 0.2) is 0 Å². The number of hydrogen-bond acceptors (Lipinski definition) is 5. The molecule has 4 rings (SSSR count). The van der Waals surface area contributed by atoms with E-state index in [1.807, 2.05) is 49.4 Å². The van der Waals surface area contributed by atoms with Crippen LogP contribution >= 0.6 is 11.9 Å². The second-order valence-electron chi connectivity index (χ2n) is 8.62. The van der Waals surface area contributed by atoms with Crippen LogP contribution in [0.5, 0.6) is 5.75 Å². The van der Waals surface area contributed by atoms with Crippen molar-refractivity contribution < 1.29 is 14.6 Å². The van der Waals surface area contributed by atoms with E-state index >= 15 is 0 Å². The standard InChI is InChI=1S/C29H30N2O3S/c1-20-7-6-8-22(17-20)19-31(21(2)18-29(32)33)28-16-15-27(25-9-4-5-10-26(25)28)30-35-24-13-11-23(34-3)12-14-24/h4-17,21,30H,18-19H2,1-3H3,(H,32,33). The maximum atomic E-state index is 11.6. The fraction of sp³-hybridized carbons (Fsp3) is 0.207. The molecule has 1 unspecified atom stereocenters. The van der Waals surface area contributed by atoms with E-state index in [4.69, 9.17) is 4.74 Å². The Balaban J connectivity index is 1.68. The summed E-state index contributed by atoms with van der Waals surface area (Å²) in [6, 6.07) is 28.5. The van der Waals surface area contributed by atoms with E-state index in [9.17, 15) is 9.90 Å². The highest BCUT2D eigenvalue weighted by molar-refractivity contribution is 8.00. The lowest BCUT2D eigenvalue weighted by Crippen LogP contribution is -2.34. The molecular formula is C29H30N2O3S. The van der Waals surface area contributed by atoms with E-state index in [0.29, 0.717) is 6.54 Å². The zero-order valence-electron chi connectivity index (χ0n) is 20.2. The fourth-order valence-electron chi connectivity index (χ4n) is 4.23. The van der Waals surface area contributed by atoms with Gasteiger partial charge in [-0.25, -0.2) is 0 Å². The van der Waals surface area contributed by atoms with Crippen molar-refractivity contribution in [2.75, 3.05) is 16.7 Å². The molecule has 0 aliphatic rings. The zero-order valence-corrected chi connectivity index (χ0v) is 21.0. The highest BCUT2D eigenvalue weighted by Gasteiger charge is 2.21. The molecule has 0 heterocycles. The lowest BCUT2D eigenvalue weighted by atomic mass is 10.0. The minimum absolute atomic E-state index is 0.0630. The van der Waals surface area contributed by atoms with Crippen LogP contribution in [0.4, 0.5) is 11.4 Å². The van der Waals surface area contributed by atoms with Crippen molar-refractivity contribution in [2.45, 2.75) is 37.8 Å². The van der Waals surface area contributed by atoms with Gasteiger partial charge in [-0.05, 0) is 67.8 Å². The first-order chi connectivity index (χ1) is 16.9. The van der Waals surface area contributed by atoms with Gasteiger partial charge in [-0.3, -0.25) is 4.79 Å². The molecule has 0 radical (unpaired) electrons. The maximum Gasteiger partial charge on any atom is 0.305 e. The topological polar surface area (TPSA) is 61.8 Å². The Labute approximate surface area is 210 Å². The molecule has 4 aromatic carbocycles. The molecule has 0 aliphatic heterocycles. The number of benzene rings is 4. The summed E-state index contributed by atoms with van der Waals surface area (Å²) in [6.45, 7) is 4.68. The summed E-state index contributed by atoms with van der Waals surface area (Å²) >= 11 is 1.54. The van der Waals surface area contributed by atoms with Gasteiger partial charge in [-0.1, -0.05) is 54.1 Å². The van der Waals surface area contributed by atoms with Crippen LogP contribution in [0.3, 0.4) is 0 Å². The first-order valence-corrected chi connectivity index (χ1v) is 12.4. The summed E-state index contributed by atoms with van der Waals surface area (Å²) in [5, 5.41) is 11.7. The van der Waals surface area contributed by atoms with E-state index in [1.54, 1.807) is 19.1 Å². The van der Waals surface area contributed by atoms with Crippen molar-refractivity contribution in [1.29, 1.82) is 0 Å². The Morgan fingerprint density at radius 1 is 1.00 bits per heavy atom. The predicted octanol–water partition coefficient (Wildman–Crippen LogP) is 7.15. The van der Waals surface area contributed by atoms with E-state index in [1.165, 1.54) is 5.56 Å². The molecular weight excluding hydrogens is 456 g/mol. The predicted molar refractivity (Wildman–Crippen MR) is 145 cm³/mol. The Bertz CT molecular complexity index is 1310. The number of ether oxygens (including phenoxy) is 1. The molecule has 4 aromatic rings. The lowest BCUT2D eigenvalue weighted by Gasteiger charge is -2.32. The average Bonchev–Trinajstić information content (AvgIpc) is 2.86. The number of nitrogens with one attached hydrogen (secondary N) is 1. The molecule has 180 valence electrons. The summed E-state index contributed by atoms with van der Waals surface area (Å²) in [4.78, 5) is 14.9. The molecule has 5 nitrogen and oxygen atoms in total. The van der Waals surface area contributed by atoms with Gasteiger partial charge in [0.1, 0.15) is 5.75 Å². The van der Waals surface area contributed by atoms with Gasteiger partial charge in [0.25, 0.3) is 0 Å². The molecule has 0 aromatic heterocycles. The molecule has 6 heteroatoms. The number of hydrogen-bond donors (Lipinski definition) is 2. The zero-order chi connectivity index (χ0) is 24.8. The lowest BCUT2D eigenvalue weighted by molar-refractivity contribution is -0.137. The number of aliphatic carboxylic acids is 1. The van der Waals surface area contributed by atoms with Crippen LogP contribution in [0, 0.1) is 6.92 Å². The fourth-order valence-corrected chi connectivity index (χ4v) is 4.91. The number of aryl methyl sites for hydroxylation is 1. The summed E-state index contributed by atoms with van der Waals surface area (Å²) in [7, 11) is 1.66. The Morgan fingerprint density at radius 2 is 1.74 bits per heavy atom. The maximum absolute atomic E-state index is 11.6. The van der Waals surface area contributed by atoms with Gasteiger partial charge in [0, 0.05) is 33.9 Å². The molecule has 0 saturated carbocycles. The molecule has 0 saturated heterocycles. The molecule has 0 spiro atoms. The van der Waals surface area contributed by atoms with Crippen molar-refractivity contribution in [3.63, 3.8) is 0 Å². The van der Waals surface area contributed by atoms with Crippen LogP contribution in [0.1, 0.15) is 24.5 Å². The third-order valence-electron chi connectivity index (χ3n) is 5.99. The highest BCUT2D eigenvalue weighted by Crippen LogP contribution is 2.36. The van der Waals surface area contributed by atoms with Gasteiger partial charge < -0.3 is 19.5 Å². The molecule has 35 heavy (non-hydrogen) atoms. The molecule has 0 amide bonds. The van der Waals surface area contributed by atoms with Gasteiger partial charge in [-0.15, -0.1) is 0 Å². The van der Waals surface area contributed by atoms with Crippen molar-refractivity contribution in [3.8, 4) is 5.75 Å². The minimum Gasteiger partial charge on any atom is -0.497 e. The number of anilines is 2. The van der Waals surface area contributed by atoms with Crippen LogP contribution in [0.15, 0.2) is 89.8 Å². The number of carboxylic acids is 1. The minimum atomic E-state index is -0.801. The van der Waals surface area contributed by atoms with Gasteiger partial charge in [0.2, 0.25) is 0 Å². The third kappa shape index (κ3) is 6.08. The van der Waals surface area contributed by atoms with Crippen LogP contribution in [0.25, 0.3) is 10.8 Å². The number of carboxylic acid groups (broad SMARTS) is 1. The first-order valence-electron chi connectivity index (χ1n) is 11.6. The number of carbonyl (C=O) groups is 1. The second kappa shape index (κ2) is 11.2. The monoisotopic (exact) mass is 486 g/mol. The first kappa shape index (κ1) is 24.5. The van der Waals surface area contributed by atoms with Crippen LogP contribution in [0.2, 0.25) is 0 Å². The summed E-state index contributed by atoms with van der Waals surface area (Å²) in [5.74, 6) is 0.0264. The van der Waals surface area contributed by atoms with Gasteiger partial charge in [0.05, 0.1) is 19.2 Å². The summed E-state index contributed by atoms with van der Waals surface area (Å²) in [5.41, 5.74) is 4.37. The molecule has 1 atom stereocenters. The SMILES string of the molecule is COc1ccc(SNc2ccc(N(Cc3cccc(C)c3)C(C)CC(=O)O)c3ccccc23)cc1. The van der Waals surface area contributed by atoms with Crippen molar-refractivity contribution in [2.24, 2.45) is 0 Å². The van der Waals surface area contributed by atoms with E-state index in [2.05, 4.69) is 59.0 Å². The second-order valence-corrected chi connectivity index (χ2v) is 9.50. The van der Waals surface area contributed by atoms with E-state index < -0.39 is 5.97 Å². The van der Waals surface area contributed by atoms with Crippen LogP contribution in [-0.4, -0.2) is 24.2 Å². The van der Waals surface area contributed by atoms with Crippen molar-refractivity contribution >= 4 is 40.1 Å². The van der Waals surface area contributed by atoms with Gasteiger partial charge >= 0.3 is 5.97 Å². The molecule has 0 bridgehead atoms. The molecule has 0 aliphatic carbocycles. The Morgan fingerprint density at radius 3 is 2.43 bits per heavy atom. The quantitative estimate of drug-likeness (QED) is 0.232. The van der Waals surface area contributed by atoms with Crippen LogP contribution < -0.4 is 14.4 Å². The number of nitrogens with zero attached hydrogens (tertiary/aromatic N) is 1. The summed E-state index contributed by atoms with van der Waals surface area (Å²) < 4.78 is 8.74. The molecule has 2 N–H and O–H groups in total. The number of rotatable bonds is 10. The van der Waals surface area contributed by atoms with Crippen molar-refractivity contribution in [1.82, 2.24) is 0 Å².